The van der Waals surface area contributed by atoms with E-state index in [1.54, 1.807) is 73.3 Å². The Bertz CT molecular complexity index is 3930. The molecule has 0 unspecified atom stereocenters. The van der Waals surface area contributed by atoms with Gasteiger partial charge in [-0.3, -0.25) is 0 Å². The van der Waals surface area contributed by atoms with Crippen molar-refractivity contribution >= 4 is 119 Å². The number of fused-ring (bicyclic) bond motifs is 24. The Morgan fingerprint density at radius 2 is 0.527 bits per heavy atom. The third kappa shape index (κ3) is 6.41. The van der Waals surface area contributed by atoms with E-state index in [4.69, 9.17) is 26.4 Å². The zero-order valence-electron chi connectivity index (χ0n) is 50.6. The summed E-state index contributed by atoms with van der Waals surface area (Å²) in [7, 11) is 0. The summed E-state index contributed by atoms with van der Waals surface area (Å²) >= 11 is -3.34. The predicted molar refractivity (Wildman–Crippen MR) is 299 cm³/mol. The summed E-state index contributed by atoms with van der Waals surface area (Å²) in [5.41, 5.74) is 11.0. The molecular weight excluding hydrogens is 1280 g/mol. The summed E-state index contributed by atoms with van der Waals surface area (Å²) in [6.07, 6.45) is 6.92. The normalized spacial score (nSPS) is 19.2. The van der Waals surface area contributed by atoms with Crippen LogP contribution >= 0.6 is 0 Å². The Kier molecular flexibility index (Phi) is 7.34. The number of para-hydroxylation sites is 8. The van der Waals surface area contributed by atoms with Gasteiger partial charge in [0.1, 0.15) is 0 Å². The zero-order chi connectivity index (χ0) is 59.3. The fraction of sp³-hybridized carbons (Fsp3) is 0.0667. The van der Waals surface area contributed by atoms with Gasteiger partial charge < -0.3 is 0 Å². The second-order valence-corrected chi connectivity index (χ2v) is 23.0. The maximum absolute atomic E-state index is 9.01. The summed E-state index contributed by atoms with van der Waals surface area (Å²) in [4.78, 5) is 27.1. The average molecular weight is 1340 g/mol. The summed E-state index contributed by atoms with van der Waals surface area (Å²) < 4.78 is 110. The minimum absolute atomic E-state index is 0.422. The fourth-order valence-corrected chi connectivity index (χ4v) is 16.7. The van der Waals surface area contributed by atoms with Crippen LogP contribution < -0.4 is 49.0 Å². The van der Waals surface area contributed by atoms with Crippen molar-refractivity contribution in [3.05, 3.63) is 207 Å². The van der Waals surface area contributed by atoms with Gasteiger partial charge in [0.05, 0.1) is 0 Å². The number of aromatic nitrogens is 2. The molecule has 0 fully saturated rings. The van der Waals surface area contributed by atoms with E-state index in [1.165, 1.54) is 19.6 Å². The molecule has 14 heteroatoms. The van der Waals surface area contributed by atoms with Crippen LogP contribution in [0.2, 0.25) is 0 Å². The molecule has 0 N–H and O–H groups in total. The van der Waals surface area contributed by atoms with Gasteiger partial charge in [-0.15, -0.1) is 0 Å². The number of nitrogens with zero attached hydrogens (tertiary/aromatic N) is 12. The Morgan fingerprint density at radius 1 is 0.270 bits per heavy atom. The summed E-state index contributed by atoms with van der Waals surface area (Å²) in [5.74, 6) is 0. The third-order valence-corrected chi connectivity index (χ3v) is 19.7. The molecular formula is C60H46N12Pt2. The number of benzene rings is 7. The Balaban J connectivity index is 0.929. The van der Waals surface area contributed by atoms with E-state index >= 15 is 0 Å². The van der Waals surface area contributed by atoms with Gasteiger partial charge in [0.25, 0.3) is 0 Å². The van der Waals surface area contributed by atoms with Crippen LogP contribution in [-0.2, 0) is 35.3 Å². The Hall–Kier alpha value is -8.30. The van der Waals surface area contributed by atoms with E-state index in [9.17, 15) is 0 Å². The monoisotopic (exact) mass is 1340 g/mol. The van der Waals surface area contributed by atoms with Gasteiger partial charge in [-0.05, 0) is 0 Å². The minimum atomic E-state index is -2.66. The molecule has 0 aliphatic carbocycles. The van der Waals surface area contributed by atoms with E-state index < -0.39 is 63.2 Å². The van der Waals surface area contributed by atoms with Gasteiger partial charge in [-0.1, -0.05) is 0 Å². The quantitative estimate of drug-likeness (QED) is 0.166. The number of rotatable bonds is 2. The first-order chi connectivity index (χ1) is 41.2. The maximum atomic E-state index is 9.01. The van der Waals surface area contributed by atoms with E-state index in [0.717, 1.165) is 11.4 Å². The van der Waals surface area contributed by atoms with Crippen LogP contribution in [0, 0.1) is 0 Å². The molecule has 7 aromatic carbocycles. The van der Waals surface area contributed by atoms with Gasteiger partial charge in [-0.25, -0.2) is 0 Å². The van der Waals surface area contributed by atoms with Crippen molar-refractivity contribution in [2.45, 2.75) is 0 Å². The van der Waals surface area contributed by atoms with Crippen molar-refractivity contribution in [1.82, 2.24) is 9.97 Å². The van der Waals surface area contributed by atoms with Crippen LogP contribution in [0.5, 0.6) is 0 Å². The molecule has 366 valence electrons. The van der Waals surface area contributed by atoms with E-state index in [0.29, 0.717) is 108 Å². The summed E-state index contributed by atoms with van der Waals surface area (Å²) in [6.45, 7) is -10.6. The van der Waals surface area contributed by atoms with Gasteiger partial charge >= 0.3 is 464 Å². The molecule has 2 aromatic heterocycles. The average Bonchev–Trinajstić information content (AvgIpc) is 1.99. The molecule has 0 atom stereocenters. The van der Waals surface area contributed by atoms with Crippen LogP contribution in [-0.4, -0.2) is 54.5 Å². The number of hydrogen-bond acceptors (Lipinski definition) is 12. The van der Waals surface area contributed by atoms with Crippen molar-refractivity contribution in [3.8, 4) is 0 Å². The second-order valence-electron chi connectivity index (χ2n) is 17.8. The molecule has 6 aliphatic rings. The molecule has 9 aromatic rings. The van der Waals surface area contributed by atoms with Crippen LogP contribution in [0.3, 0.4) is 0 Å². The van der Waals surface area contributed by atoms with Crippen LogP contribution in [0.15, 0.2) is 207 Å². The first kappa shape index (κ1) is 32.7. The van der Waals surface area contributed by atoms with E-state index in [1.807, 2.05) is 153 Å². The molecule has 12 nitrogen and oxygen atoms in total. The van der Waals surface area contributed by atoms with Crippen molar-refractivity contribution in [1.29, 1.82) is 0 Å². The SMILES string of the molecule is [2H]C([2H])([2H])N1[C]2=[Pt]=[C]3N(c4cncc(c4)N(c4ccc(N5c6cccc(c6)N6[C](=[Pt]=[C]7N(c8cncc5c8)c5ccccc5N7C([2H])([2H])[2H])N(C([2H])([2H])[2H])c5ccccc56)cc4)c4cccc(c4)N2c2ccccc21)c1ccccc1N3C([2H])([2H])[2H]. The first-order valence-corrected chi connectivity index (χ1v) is 28.0. The van der Waals surface area contributed by atoms with Gasteiger partial charge in [0, 0.05) is 0 Å². The summed E-state index contributed by atoms with van der Waals surface area (Å²) in [6, 6.07) is 56.9. The third-order valence-electron chi connectivity index (χ3n) is 13.6. The summed E-state index contributed by atoms with van der Waals surface area (Å²) in [5, 5.41) is 0. The molecule has 0 saturated heterocycles. The molecule has 0 saturated carbocycles. The Labute approximate surface area is 462 Å². The van der Waals surface area contributed by atoms with Crippen molar-refractivity contribution in [2.75, 3.05) is 76.9 Å². The molecule has 6 aliphatic heterocycles. The van der Waals surface area contributed by atoms with Crippen molar-refractivity contribution < 1.29 is 51.7 Å². The molecule has 0 spiro atoms. The van der Waals surface area contributed by atoms with Crippen LogP contribution in [0.25, 0.3) is 0 Å². The van der Waals surface area contributed by atoms with Gasteiger partial charge in [0.15, 0.2) is 0 Å². The van der Waals surface area contributed by atoms with Gasteiger partial charge in [-0.2, -0.15) is 0 Å². The van der Waals surface area contributed by atoms with E-state index in [2.05, 4.69) is 9.80 Å². The van der Waals surface area contributed by atoms with Crippen LogP contribution in [0.1, 0.15) is 16.4 Å². The topological polar surface area (TPSA) is 58.2 Å². The molecule has 8 bridgehead atoms. The number of anilines is 18. The molecule has 0 amide bonds. The van der Waals surface area contributed by atoms with Crippen molar-refractivity contribution in [3.63, 3.8) is 0 Å². The zero-order valence-corrected chi connectivity index (χ0v) is 43.2. The second kappa shape index (κ2) is 16.6. The molecule has 8 heterocycles. The van der Waals surface area contributed by atoms with Gasteiger partial charge in [0.2, 0.25) is 0 Å². The molecule has 74 heavy (non-hydrogen) atoms. The van der Waals surface area contributed by atoms with Crippen LogP contribution in [0.4, 0.5) is 102 Å². The van der Waals surface area contributed by atoms with Crippen molar-refractivity contribution in [2.24, 2.45) is 0 Å². The fourth-order valence-electron chi connectivity index (χ4n) is 10.4. The molecule has 0 radical (unpaired) electrons. The Morgan fingerprint density at radius 3 is 0.838 bits per heavy atom. The number of pyridine rings is 2. The van der Waals surface area contributed by atoms with E-state index in [-0.39, 0.29) is 0 Å². The first-order valence-electron chi connectivity index (χ1n) is 29.5. The predicted octanol–water partition coefficient (Wildman–Crippen LogP) is 12.3. The number of hydrogen-bond donors (Lipinski definition) is 0. The standard InChI is InChI=1S/C60H46N12.2Pt/c1-63-39-67(57-23-9-5-19-53(57)63)45-15-13-17-47(31-45)71(51-33-49(35-61-37-51)69-41-65(3)55-21-7-11-25-59(55)69)43-27-29-44(30-28-43)72(48-18-14-16-46(32-48)68-40-64(2)54-20-6-10-24-58(54)68)52-34-50(36-62-38-52)70-42-66(4)56-22-8-12-26-60(56)70;;/h5-38H,1-4H3;;/i1D3,2D3,3D3,4D3;;. The molecule has 15 rings (SSSR count).